The van der Waals surface area contributed by atoms with Crippen molar-refractivity contribution >= 4 is 14.6 Å². The summed E-state index contributed by atoms with van der Waals surface area (Å²) in [6.45, 7) is 7.54. The molecule has 0 saturated heterocycles. The molecular weight excluding hydrogens is 336 g/mol. The maximum absolute atomic E-state index is 12.5. The third-order valence-corrected chi connectivity index (χ3v) is 7.48. The van der Waals surface area contributed by atoms with Gasteiger partial charge in [0.05, 0.1) is 7.11 Å². The highest BCUT2D eigenvalue weighted by molar-refractivity contribution is 6.60. The minimum Gasteiger partial charge on any atom is -0.497 e. The van der Waals surface area contributed by atoms with E-state index in [-0.39, 0.29) is 5.78 Å². The molecule has 0 unspecified atom stereocenters. The molecule has 1 aromatic rings. The van der Waals surface area contributed by atoms with Crippen LogP contribution in [0.15, 0.2) is 12.1 Å². The minimum atomic E-state index is -2.73. The number of hydrogen-bond donors (Lipinski definition) is 0. The van der Waals surface area contributed by atoms with E-state index in [0.717, 1.165) is 35.3 Å². The van der Waals surface area contributed by atoms with Crippen molar-refractivity contribution in [2.75, 3.05) is 26.9 Å². The Morgan fingerprint density at radius 2 is 1.64 bits per heavy atom. The van der Waals surface area contributed by atoms with Crippen LogP contribution in [0.25, 0.3) is 0 Å². The summed E-state index contributed by atoms with van der Waals surface area (Å²) in [5.41, 5.74) is 3.00. The molecule has 0 N–H and O–H groups in total. The first-order chi connectivity index (χ1) is 12.1. The molecule has 0 heterocycles. The van der Waals surface area contributed by atoms with Gasteiger partial charge >= 0.3 is 8.80 Å². The number of aryl methyl sites for hydroxylation is 2. The Hall–Kier alpha value is -1.21. The summed E-state index contributed by atoms with van der Waals surface area (Å²) >= 11 is 0. The molecule has 25 heavy (non-hydrogen) atoms. The highest BCUT2D eigenvalue weighted by atomic mass is 28.4. The number of hydrogen-bond acceptors (Lipinski definition) is 5. The Bertz CT molecular complexity index is 570. The molecule has 2 rings (SSSR count). The van der Waals surface area contributed by atoms with Crippen molar-refractivity contribution in [1.82, 2.24) is 0 Å². The van der Waals surface area contributed by atoms with Crippen LogP contribution in [0.4, 0.5) is 0 Å². The number of methoxy groups -OCH3 is 1. The van der Waals surface area contributed by atoms with E-state index in [1.807, 2.05) is 32.9 Å². The standard InChI is InChI=1S/C19H30O5Si/c1-5-22-25(23-6-2,24-7-3)12-11-16-14-17(21-4)13-15-9-8-10-18(20)19(15)16/h13-14H,5-12H2,1-4H3. The summed E-state index contributed by atoms with van der Waals surface area (Å²) < 4.78 is 23.3. The Labute approximate surface area is 152 Å². The molecule has 5 nitrogen and oxygen atoms in total. The smallest absolute Gasteiger partial charge is 0.497 e. The van der Waals surface area contributed by atoms with Crippen molar-refractivity contribution in [1.29, 1.82) is 0 Å². The van der Waals surface area contributed by atoms with Crippen LogP contribution in [0.3, 0.4) is 0 Å². The molecule has 6 heteroatoms. The second-order valence-corrected chi connectivity index (χ2v) is 8.81. The van der Waals surface area contributed by atoms with E-state index in [1.165, 1.54) is 0 Å². The van der Waals surface area contributed by atoms with Gasteiger partial charge in [0.25, 0.3) is 0 Å². The van der Waals surface area contributed by atoms with Crippen LogP contribution < -0.4 is 4.74 Å². The fraction of sp³-hybridized carbons (Fsp3) is 0.632. The molecule has 140 valence electrons. The topological polar surface area (TPSA) is 54.0 Å². The van der Waals surface area contributed by atoms with E-state index in [2.05, 4.69) is 0 Å². The SMILES string of the molecule is CCO[Si](CCc1cc(OC)cc2c1C(=O)CCC2)(OCC)OCC. The van der Waals surface area contributed by atoms with Crippen molar-refractivity contribution in [3.63, 3.8) is 0 Å². The molecule has 0 fully saturated rings. The molecule has 0 aromatic heterocycles. The van der Waals surface area contributed by atoms with Gasteiger partial charge in [-0.05, 0) is 63.3 Å². The summed E-state index contributed by atoms with van der Waals surface area (Å²) in [5, 5.41) is 0. The molecule has 1 aromatic carbocycles. The molecule has 0 radical (unpaired) electrons. The largest absolute Gasteiger partial charge is 0.501 e. The normalized spacial score (nSPS) is 14.5. The van der Waals surface area contributed by atoms with Crippen LogP contribution >= 0.6 is 0 Å². The number of fused-ring (bicyclic) bond motifs is 1. The zero-order valence-corrected chi connectivity index (χ0v) is 16.9. The monoisotopic (exact) mass is 366 g/mol. The first kappa shape index (κ1) is 20.1. The number of rotatable bonds is 10. The molecule has 0 bridgehead atoms. The number of carbonyl (C=O) groups is 1. The summed E-state index contributed by atoms with van der Waals surface area (Å²) in [4.78, 5) is 12.5. The molecule has 0 aliphatic heterocycles. The van der Waals surface area contributed by atoms with Crippen molar-refractivity contribution < 1.29 is 22.8 Å². The number of Topliss-reactive ketones (excluding diaryl/α,β-unsaturated/α-hetero) is 1. The van der Waals surface area contributed by atoms with E-state index in [4.69, 9.17) is 18.0 Å². The quantitative estimate of drug-likeness (QED) is 0.590. The van der Waals surface area contributed by atoms with Gasteiger partial charge in [-0.25, -0.2) is 0 Å². The second-order valence-electron chi connectivity index (χ2n) is 6.08. The van der Waals surface area contributed by atoms with Crippen molar-refractivity contribution in [3.8, 4) is 5.75 Å². The fourth-order valence-corrected chi connectivity index (χ4v) is 6.04. The minimum absolute atomic E-state index is 0.232. The average Bonchev–Trinajstić information content (AvgIpc) is 2.60. The summed E-state index contributed by atoms with van der Waals surface area (Å²) in [7, 11) is -1.06. The molecular formula is C19H30O5Si. The van der Waals surface area contributed by atoms with E-state index >= 15 is 0 Å². The zero-order chi connectivity index (χ0) is 18.3. The van der Waals surface area contributed by atoms with Gasteiger partial charge in [0.2, 0.25) is 0 Å². The summed E-state index contributed by atoms with van der Waals surface area (Å²) in [6, 6.07) is 4.63. The zero-order valence-electron chi connectivity index (χ0n) is 15.9. The lowest BCUT2D eigenvalue weighted by Crippen LogP contribution is -2.46. The predicted molar refractivity (Wildman–Crippen MR) is 99.4 cm³/mol. The Kier molecular flexibility index (Phi) is 7.62. The Morgan fingerprint density at radius 1 is 1.00 bits per heavy atom. The van der Waals surface area contributed by atoms with Crippen LogP contribution in [0.5, 0.6) is 5.75 Å². The van der Waals surface area contributed by atoms with Gasteiger partial charge in [-0.3, -0.25) is 4.79 Å². The number of carbonyl (C=O) groups excluding carboxylic acids is 1. The maximum Gasteiger partial charge on any atom is 0.501 e. The first-order valence-corrected chi connectivity index (χ1v) is 11.2. The average molecular weight is 367 g/mol. The lowest BCUT2D eigenvalue weighted by Gasteiger charge is -2.29. The number of ether oxygens (including phenoxy) is 1. The van der Waals surface area contributed by atoms with Crippen LogP contribution in [-0.4, -0.2) is 41.5 Å². The lowest BCUT2D eigenvalue weighted by atomic mass is 9.86. The molecule has 0 atom stereocenters. The molecule has 0 spiro atoms. The summed E-state index contributed by atoms with van der Waals surface area (Å²) in [6.07, 6.45) is 3.15. The molecule has 1 aliphatic carbocycles. The molecule has 1 aliphatic rings. The highest BCUT2D eigenvalue weighted by Crippen LogP contribution is 2.31. The van der Waals surface area contributed by atoms with Crippen molar-refractivity contribution in [3.05, 3.63) is 28.8 Å². The van der Waals surface area contributed by atoms with Gasteiger partial charge in [0.1, 0.15) is 5.75 Å². The molecule has 0 amide bonds. The van der Waals surface area contributed by atoms with Crippen LogP contribution in [-0.2, 0) is 26.1 Å². The first-order valence-electron chi connectivity index (χ1n) is 9.24. The number of benzene rings is 1. The fourth-order valence-electron chi connectivity index (χ4n) is 3.46. The van der Waals surface area contributed by atoms with Gasteiger partial charge in [-0.2, -0.15) is 0 Å². The van der Waals surface area contributed by atoms with Crippen LogP contribution in [0.1, 0.15) is 55.1 Å². The van der Waals surface area contributed by atoms with Crippen LogP contribution in [0.2, 0.25) is 6.04 Å². The van der Waals surface area contributed by atoms with E-state index in [9.17, 15) is 4.79 Å². The van der Waals surface area contributed by atoms with E-state index in [0.29, 0.717) is 38.7 Å². The second kappa shape index (κ2) is 9.47. The van der Waals surface area contributed by atoms with Gasteiger partial charge in [-0.1, -0.05) is 0 Å². The Morgan fingerprint density at radius 3 is 2.20 bits per heavy atom. The van der Waals surface area contributed by atoms with Gasteiger partial charge in [0.15, 0.2) is 5.78 Å². The Balaban J connectivity index is 2.29. The lowest BCUT2D eigenvalue weighted by molar-refractivity contribution is 0.0713. The van der Waals surface area contributed by atoms with Gasteiger partial charge in [-0.15, -0.1) is 0 Å². The number of ketones is 1. The van der Waals surface area contributed by atoms with E-state index in [1.54, 1.807) is 7.11 Å². The van der Waals surface area contributed by atoms with Gasteiger partial charge in [0, 0.05) is 37.8 Å². The van der Waals surface area contributed by atoms with Crippen LogP contribution in [0, 0.1) is 0 Å². The third-order valence-electron chi connectivity index (χ3n) is 4.43. The predicted octanol–water partition coefficient (Wildman–Crippen LogP) is 3.81. The van der Waals surface area contributed by atoms with Crippen molar-refractivity contribution in [2.45, 2.75) is 52.5 Å². The molecule has 0 saturated carbocycles. The summed E-state index contributed by atoms with van der Waals surface area (Å²) in [5.74, 6) is 1.04. The third kappa shape index (κ3) is 4.91. The van der Waals surface area contributed by atoms with Gasteiger partial charge < -0.3 is 18.0 Å². The van der Waals surface area contributed by atoms with E-state index < -0.39 is 8.80 Å². The maximum atomic E-state index is 12.5. The highest BCUT2D eigenvalue weighted by Gasteiger charge is 2.40. The van der Waals surface area contributed by atoms with Crippen molar-refractivity contribution in [2.24, 2.45) is 0 Å².